The molecule has 130 valence electrons. The number of amidine groups is 2. The highest BCUT2D eigenvalue weighted by Crippen LogP contribution is 2.15. The van der Waals surface area contributed by atoms with Crippen molar-refractivity contribution in [2.45, 2.75) is 6.04 Å². The van der Waals surface area contributed by atoms with Gasteiger partial charge in [0, 0.05) is 30.5 Å². The molecule has 0 bridgehead atoms. The van der Waals surface area contributed by atoms with Gasteiger partial charge in [0.05, 0.1) is 6.21 Å². The van der Waals surface area contributed by atoms with Gasteiger partial charge in [-0.2, -0.15) is 5.10 Å². The maximum Gasteiger partial charge on any atom is 0.170 e. The van der Waals surface area contributed by atoms with Gasteiger partial charge in [-0.1, -0.05) is 12.1 Å². The van der Waals surface area contributed by atoms with E-state index in [1.165, 1.54) is 12.7 Å². The highest BCUT2D eigenvalue weighted by atomic mass is 35.5. The van der Waals surface area contributed by atoms with Crippen molar-refractivity contribution in [2.75, 3.05) is 29.7 Å². The van der Waals surface area contributed by atoms with Crippen LogP contribution in [0.4, 0.5) is 5.69 Å². The van der Waals surface area contributed by atoms with Crippen molar-refractivity contribution in [3.63, 3.8) is 0 Å². The van der Waals surface area contributed by atoms with E-state index in [-0.39, 0.29) is 6.04 Å². The third kappa shape index (κ3) is 4.43. The lowest BCUT2D eigenvalue weighted by molar-refractivity contribution is 0.874. The van der Waals surface area contributed by atoms with Crippen molar-refractivity contribution >= 4 is 59.5 Å². The van der Waals surface area contributed by atoms with Crippen LogP contribution in [0, 0.1) is 0 Å². The Morgan fingerprint density at radius 3 is 2.56 bits per heavy atom. The second kappa shape index (κ2) is 8.73. The molecule has 1 aromatic carbocycles. The predicted octanol–water partition coefficient (Wildman–Crippen LogP) is 2.14. The van der Waals surface area contributed by atoms with Crippen LogP contribution in [-0.2, 0) is 0 Å². The van der Waals surface area contributed by atoms with Gasteiger partial charge in [0.15, 0.2) is 17.7 Å². The zero-order valence-electron chi connectivity index (χ0n) is 13.4. The Kier molecular flexibility index (Phi) is 6.14. The van der Waals surface area contributed by atoms with Gasteiger partial charge in [0.1, 0.15) is 12.7 Å². The fourth-order valence-electron chi connectivity index (χ4n) is 2.42. The number of nitrogens with zero attached hydrogens (tertiary/aromatic N) is 6. The Bertz CT molecular complexity index is 731. The number of hydrogen-bond donors (Lipinski definition) is 1. The molecule has 2 aliphatic heterocycles. The van der Waals surface area contributed by atoms with E-state index in [4.69, 9.17) is 23.2 Å². The van der Waals surface area contributed by atoms with Crippen molar-refractivity contribution < 1.29 is 0 Å². The SMILES string of the molecule is ClCCN(CCCl)c1ccc(/C=N/NC2=NC=NC3=NC=NC32)cc1. The second-order valence-corrected chi connectivity index (χ2v) is 6.00. The average molecular weight is 378 g/mol. The molecule has 2 heterocycles. The molecular formula is C16H17Cl2N7. The van der Waals surface area contributed by atoms with E-state index in [1.807, 2.05) is 24.3 Å². The smallest absolute Gasteiger partial charge is 0.170 e. The Labute approximate surface area is 155 Å². The fraction of sp³-hybridized carbons (Fsp3) is 0.312. The maximum atomic E-state index is 5.84. The molecule has 0 spiro atoms. The normalized spacial score (nSPS) is 18.2. The molecule has 1 aromatic rings. The summed E-state index contributed by atoms with van der Waals surface area (Å²) in [7, 11) is 0. The van der Waals surface area contributed by atoms with Crippen LogP contribution in [-0.4, -0.2) is 61.5 Å². The van der Waals surface area contributed by atoms with Crippen molar-refractivity contribution in [1.29, 1.82) is 0 Å². The topological polar surface area (TPSA) is 77.1 Å². The van der Waals surface area contributed by atoms with Crippen LogP contribution < -0.4 is 10.3 Å². The summed E-state index contributed by atoms with van der Waals surface area (Å²) in [4.78, 5) is 18.6. The standard InChI is InChI=1S/C16H17Cl2N7/c17-5-7-25(8-6-18)13-3-1-12(2-4-13)9-23-24-16-14-15(20-10-19-14)21-11-22-16/h1-4,9-11,14H,5-8H2,(H,19,20,21,22,24)/b23-9+. The largest absolute Gasteiger partial charge is 0.369 e. The van der Waals surface area contributed by atoms with Gasteiger partial charge in [-0.15, -0.1) is 23.2 Å². The average Bonchev–Trinajstić information content (AvgIpc) is 3.12. The number of benzene rings is 1. The minimum atomic E-state index is -0.288. The van der Waals surface area contributed by atoms with Gasteiger partial charge < -0.3 is 4.90 Å². The van der Waals surface area contributed by atoms with Crippen molar-refractivity contribution in [1.82, 2.24) is 5.43 Å². The van der Waals surface area contributed by atoms with Crippen LogP contribution in [0.3, 0.4) is 0 Å². The number of anilines is 1. The van der Waals surface area contributed by atoms with E-state index in [2.05, 4.69) is 35.4 Å². The third-order valence-corrected chi connectivity index (χ3v) is 3.99. The molecule has 9 heteroatoms. The van der Waals surface area contributed by atoms with E-state index in [0.717, 1.165) is 24.3 Å². The Balaban J connectivity index is 1.60. The molecule has 0 aliphatic carbocycles. The van der Waals surface area contributed by atoms with E-state index in [1.54, 1.807) is 6.21 Å². The number of hydrogen-bond acceptors (Lipinski definition) is 7. The van der Waals surface area contributed by atoms with Crippen molar-refractivity contribution in [2.24, 2.45) is 25.1 Å². The first kappa shape index (κ1) is 17.6. The molecule has 2 aliphatic rings. The Morgan fingerprint density at radius 2 is 1.84 bits per heavy atom. The Hall–Kier alpha value is -2.25. The lowest BCUT2D eigenvalue weighted by atomic mass is 10.2. The highest BCUT2D eigenvalue weighted by Gasteiger charge is 2.25. The molecule has 0 fully saturated rings. The minimum absolute atomic E-state index is 0.288. The highest BCUT2D eigenvalue weighted by molar-refractivity contribution is 6.20. The molecule has 0 amide bonds. The second-order valence-electron chi connectivity index (χ2n) is 5.24. The van der Waals surface area contributed by atoms with E-state index >= 15 is 0 Å². The van der Waals surface area contributed by atoms with Crippen LogP contribution >= 0.6 is 23.2 Å². The van der Waals surface area contributed by atoms with E-state index in [9.17, 15) is 0 Å². The van der Waals surface area contributed by atoms with Gasteiger partial charge in [0.2, 0.25) is 0 Å². The molecule has 0 saturated heterocycles. The van der Waals surface area contributed by atoms with Gasteiger partial charge >= 0.3 is 0 Å². The van der Waals surface area contributed by atoms with Crippen LogP contribution in [0.15, 0.2) is 49.3 Å². The Morgan fingerprint density at radius 1 is 1.08 bits per heavy atom. The van der Waals surface area contributed by atoms with Crippen molar-refractivity contribution in [3.05, 3.63) is 29.8 Å². The quantitative estimate of drug-likeness (QED) is 0.448. The minimum Gasteiger partial charge on any atom is -0.369 e. The molecule has 3 rings (SSSR count). The zero-order chi connectivity index (χ0) is 17.5. The molecule has 0 radical (unpaired) electrons. The van der Waals surface area contributed by atoms with Gasteiger partial charge in [0.25, 0.3) is 0 Å². The zero-order valence-corrected chi connectivity index (χ0v) is 14.9. The number of rotatable bonds is 7. The first-order chi connectivity index (χ1) is 12.3. The summed E-state index contributed by atoms with van der Waals surface area (Å²) >= 11 is 11.7. The molecule has 1 atom stereocenters. The number of hydrazone groups is 1. The first-order valence-corrected chi connectivity index (χ1v) is 8.84. The van der Waals surface area contributed by atoms with Crippen molar-refractivity contribution in [3.8, 4) is 0 Å². The molecule has 1 unspecified atom stereocenters. The summed E-state index contributed by atoms with van der Waals surface area (Å²) in [5.41, 5.74) is 4.95. The number of alkyl halides is 2. The number of nitrogens with one attached hydrogen (secondary N) is 1. The summed E-state index contributed by atoms with van der Waals surface area (Å²) in [6.45, 7) is 1.52. The molecular weight excluding hydrogens is 361 g/mol. The number of aliphatic imine (C=N–C) groups is 4. The summed E-state index contributed by atoms with van der Waals surface area (Å²) in [6, 6.07) is 7.74. The lowest BCUT2D eigenvalue weighted by Crippen LogP contribution is -2.36. The number of fused-ring (bicyclic) bond motifs is 1. The predicted molar refractivity (Wildman–Crippen MR) is 106 cm³/mol. The molecule has 7 nitrogen and oxygen atoms in total. The van der Waals surface area contributed by atoms with E-state index < -0.39 is 0 Å². The summed E-state index contributed by atoms with van der Waals surface area (Å²) < 4.78 is 0. The van der Waals surface area contributed by atoms with Crippen LogP contribution in [0.25, 0.3) is 0 Å². The molecule has 25 heavy (non-hydrogen) atoms. The fourth-order valence-corrected chi connectivity index (χ4v) is 2.83. The maximum absolute atomic E-state index is 5.84. The lowest BCUT2D eigenvalue weighted by Gasteiger charge is -2.22. The van der Waals surface area contributed by atoms with Crippen LogP contribution in [0.1, 0.15) is 5.56 Å². The van der Waals surface area contributed by atoms with Gasteiger partial charge in [-0.3, -0.25) is 10.4 Å². The van der Waals surface area contributed by atoms with E-state index in [0.29, 0.717) is 23.4 Å². The molecule has 1 N–H and O–H groups in total. The summed E-state index contributed by atoms with van der Waals surface area (Å²) in [6.07, 6.45) is 4.65. The summed E-state index contributed by atoms with van der Waals surface area (Å²) in [5, 5.41) is 4.22. The number of halogens is 2. The monoisotopic (exact) mass is 377 g/mol. The van der Waals surface area contributed by atoms with Crippen LogP contribution in [0.5, 0.6) is 0 Å². The van der Waals surface area contributed by atoms with Crippen LogP contribution in [0.2, 0.25) is 0 Å². The first-order valence-electron chi connectivity index (χ1n) is 7.77. The molecule has 0 aromatic heterocycles. The molecule has 0 saturated carbocycles. The van der Waals surface area contributed by atoms with Gasteiger partial charge in [-0.05, 0) is 17.7 Å². The third-order valence-electron chi connectivity index (χ3n) is 3.66. The van der Waals surface area contributed by atoms with Gasteiger partial charge in [-0.25, -0.2) is 15.0 Å². The summed E-state index contributed by atoms with van der Waals surface area (Å²) in [5.74, 6) is 2.34.